The Morgan fingerprint density at radius 3 is 1.13 bits per heavy atom. The molecule has 24 heteroatoms. The fourth-order valence-corrected chi connectivity index (χ4v) is 2.39. The molecular weight excluding hydrogens is 793 g/mol. The Kier molecular flexibility index (Phi) is 58.4. The van der Waals surface area contributed by atoms with Gasteiger partial charge in [-0.15, -0.1) is 30.6 Å². The molecule has 24 nitrogen and oxygen atoms in total. The van der Waals surface area contributed by atoms with Gasteiger partial charge in [-0.2, -0.15) is 30.0 Å². The molecule has 0 aliphatic rings. The summed E-state index contributed by atoms with van der Waals surface area (Å²) in [4.78, 5) is 10.4. The molecular formula is C38H80N24. The van der Waals surface area contributed by atoms with E-state index in [1.165, 1.54) is 15.9 Å². The highest BCUT2D eigenvalue weighted by molar-refractivity contribution is 4.75. The first-order valence-corrected chi connectivity index (χ1v) is 20.4. The molecule has 0 saturated carbocycles. The Hall–Kier alpha value is -6.88. The number of tetrazole rings is 2. The van der Waals surface area contributed by atoms with Gasteiger partial charge >= 0.3 is 0 Å². The van der Waals surface area contributed by atoms with E-state index >= 15 is 0 Å². The minimum Gasteiger partial charge on any atom is -0.341 e. The summed E-state index contributed by atoms with van der Waals surface area (Å²) in [5.74, 6) is 1.54. The maximum atomic E-state index is 3.83. The lowest BCUT2D eigenvalue weighted by Crippen LogP contribution is -1.92. The van der Waals surface area contributed by atoms with Crippen molar-refractivity contribution in [3.63, 3.8) is 0 Å². The molecule has 0 spiro atoms. The van der Waals surface area contributed by atoms with E-state index in [-0.39, 0.29) is 0 Å². The topological polar surface area (TPSA) is 246 Å². The largest absolute Gasteiger partial charge is 0.341 e. The van der Waals surface area contributed by atoms with Crippen LogP contribution in [0.4, 0.5) is 0 Å². The summed E-state index contributed by atoms with van der Waals surface area (Å²) in [6.07, 6.45) is 22.1. The predicted molar refractivity (Wildman–Crippen MR) is 246 cm³/mol. The molecule has 8 rings (SSSR count). The molecule has 0 aliphatic heterocycles. The Balaban J connectivity index is -0.000000140. The Morgan fingerprint density at radius 2 is 1.00 bits per heavy atom. The molecule has 62 heavy (non-hydrogen) atoms. The van der Waals surface area contributed by atoms with Gasteiger partial charge in [0, 0.05) is 80.3 Å². The first kappa shape index (κ1) is 66.9. The van der Waals surface area contributed by atoms with E-state index in [0.717, 1.165) is 5.82 Å². The molecule has 0 unspecified atom stereocenters. The smallest absolute Gasteiger partial charge is 0.171 e. The third-order valence-corrected chi connectivity index (χ3v) is 4.86. The van der Waals surface area contributed by atoms with Crippen LogP contribution in [-0.4, -0.2) is 119 Å². The zero-order valence-corrected chi connectivity index (χ0v) is 41.8. The summed E-state index contributed by atoms with van der Waals surface area (Å²) >= 11 is 0. The van der Waals surface area contributed by atoms with E-state index in [0.29, 0.717) is 5.82 Å². The third kappa shape index (κ3) is 49.3. The van der Waals surface area contributed by atoms with Crippen LogP contribution >= 0.6 is 0 Å². The van der Waals surface area contributed by atoms with Crippen molar-refractivity contribution in [1.29, 1.82) is 0 Å². The van der Waals surface area contributed by atoms with Crippen LogP contribution in [0.3, 0.4) is 0 Å². The third-order valence-electron chi connectivity index (χ3n) is 4.86. The molecule has 8 aromatic heterocycles. The van der Waals surface area contributed by atoms with Crippen LogP contribution in [0.25, 0.3) is 0 Å². The van der Waals surface area contributed by atoms with E-state index in [2.05, 4.69) is 81.8 Å². The van der Waals surface area contributed by atoms with Crippen molar-refractivity contribution >= 4 is 0 Å². The van der Waals surface area contributed by atoms with Crippen molar-refractivity contribution in [1.82, 2.24) is 119 Å². The molecule has 8 heterocycles. The second-order valence-electron chi connectivity index (χ2n) is 9.38. The van der Waals surface area contributed by atoms with Gasteiger partial charge in [0.25, 0.3) is 0 Å². The van der Waals surface area contributed by atoms with Gasteiger partial charge in [-0.25, -0.2) is 14.6 Å². The summed E-state index contributed by atoms with van der Waals surface area (Å²) in [7, 11) is 14.7. The number of aromatic nitrogens is 24. The maximum absolute atomic E-state index is 3.83. The second kappa shape index (κ2) is 54.1. The standard InChI is InChI=1S/2C4H6N2.2C3H6N4.4C3H5N3.6C2H6/c1-6-3-2-5-4-6;1-6-4-2-3-5-6;1-3-4-5-6-7(3)2;1-3-4-6-7(2)5-3;1-6-2-4-5-3-6;1-6-3-4-2-5-6;1-6-3-2-4-5-6;1-6-4-2-3-5-6;6*1-2/h2*2-4H,1H3;2*1-2H3;4*2-3H,1H3;6*1-2H3. The molecule has 0 saturated heterocycles. The molecule has 0 N–H and O–H groups in total. The van der Waals surface area contributed by atoms with Gasteiger partial charge in [0.05, 0.1) is 32.0 Å². The van der Waals surface area contributed by atoms with E-state index in [1.807, 2.05) is 148 Å². The van der Waals surface area contributed by atoms with Crippen LogP contribution < -0.4 is 0 Å². The highest BCUT2D eigenvalue weighted by atomic mass is 15.6. The van der Waals surface area contributed by atoms with Gasteiger partial charge in [-0.05, 0) is 35.6 Å². The van der Waals surface area contributed by atoms with Gasteiger partial charge in [0.2, 0.25) is 0 Å². The lowest BCUT2D eigenvalue weighted by Gasteiger charge is -1.81. The van der Waals surface area contributed by atoms with Crippen LogP contribution in [0.2, 0.25) is 0 Å². The average Bonchev–Trinajstić information content (AvgIpc) is 4.15. The van der Waals surface area contributed by atoms with Crippen molar-refractivity contribution in [2.24, 2.45) is 56.4 Å². The first-order valence-electron chi connectivity index (χ1n) is 20.4. The Morgan fingerprint density at radius 1 is 0.419 bits per heavy atom. The molecule has 0 radical (unpaired) electrons. The van der Waals surface area contributed by atoms with Crippen molar-refractivity contribution in [3.05, 3.63) is 98.9 Å². The van der Waals surface area contributed by atoms with E-state index in [9.17, 15) is 0 Å². The number of hydrogen-bond acceptors (Lipinski definition) is 16. The normalized spacial score (nSPS) is 7.84. The number of aryl methyl sites for hydroxylation is 10. The number of nitrogens with zero attached hydrogens (tertiary/aromatic N) is 24. The number of hydrogen-bond donors (Lipinski definition) is 0. The Labute approximate surface area is 370 Å². The SMILES string of the molecule is CC.CC.CC.CC.CC.CC.Cc1nnn(C)n1.Cc1nnnn1C.Cn1cccn1.Cn1ccnc1.Cn1ccnn1.Cn1cncn1.Cn1cnnc1.Cn1nccn1. The highest BCUT2D eigenvalue weighted by Gasteiger charge is 1.88. The number of imidazole rings is 1. The molecule has 0 atom stereocenters. The van der Waals surface area contributed by atoms with Crippen molar-refractivity contribution < 1.29 is 0 Å². The van der Waals surface area contributed by atoms with Gasteiger partial charge in [-0.3, -0.25) is 14.0 Å². The quantitative estimate of drug-likeness (QED) is 0.188. The second-order valence-corrected chi connectivity index (χ2v) is 9.38. The molecule has 0 bridgehead atoms. The fourth-order valence-electron chi connectivity index (χ4n) is 2.39. The van der Waals surface area contributed by atoms with Crippen LogP contribution in [-0.2, 0) is 56.4 Å². The highest BCUT2D eigenvalue weighted by Crippen LogP contribution is 1.78. The molecule has 0 fully saturated rings. The average molecular weight is 873 g/mol. The van der Waals surface area contributed by atoms with Gasteiger partial charge in [0.1, 0.15) is 31.1 Å². The van der Waals surface area contributed by atoms with Crippen molar-refractivity contribution in [2.75, 3.05) is 0 Å². The zero-order chi connectivity index (χ0) is 49.0. The predicted octanol–water partition coefficient (Wildman–Crippen LogP) is 5.29. The summed E-state index contributed by atoms with van der Waals surface area (Å²) in [6.45, 7) is 27.6. The molecule has 0 amide bonds. The van der Waals surface area contributed by atoms with Gasteiger partial charge in [-0.1, -0.05) is 88.3 Å². The molecule has 0 aliphatic carbocycles. The van der Waals surface area contributed by atoms with Crippen molar-refractivity contribution in [3.8, 4) is 0 Å². The molecule has 0 aromatic carbocycles. The Bertz CT molecular complexity index is 1500. The monoisotopic (exact) mass is 873 g/mol. The van der Waals surface area contributed by atoms with Crippen LogP contribution in [0, 0.1) is 13.8 Å². The number of rotatable bonds is 0. The van der Waals surface area contributed by atoms with Gasteiger partial charge in [0.15, 0.2) is 5.82 Å². The fraction of sp³-hybridized carbons (Fsp3) is 0.579. The summed E-state index contributed by atoms with van der Waals surface area (Å²) in [5.41, 5.74) is 0. The molecule has 8 aromatic rings. The minimum absolute atomic E-state index is 0.711. The van der Waals surface area contributed by atoms with Crippen LogP contribution in [0.15, 0.2) is 87.3 Å². The van der Waals surface area contributed by atoms with Crippen LogP contribution in [0.1, 0.15) is 94.7 Å². The minimum atomic E-state index is 0.711. The maximum Gasteiger partial charge on any atom is 0.171 e. The van der Waals surface area contributed by atoms with Crippen LogP contribution in [0.5, 0.6) is 0 Å². The van der Waals surface area contributed by atoms with Crippen molar-refractivity contribution in [2.45, 2.75) is 96.9 Å². The van der Waals surface area contributed by atoms with E-state index < -0.39 is 0 Å². The lowest BCUT2D eigenvalue weighted by molar-refractivity contribution is 0.629. The zero-order valence-electron chi connectivity index (χ0n) is 41.8. The first-order chi connectivity index (χ1) is 30.0. The molecule has 352 valence electrons. The summed E-state index contributed by atoms with van der Waals surface area (Å²) < 4.78 is 10.3. The lowest BCUT2D eigenvalue weighted by atomic mass is 10.7. The van der Waals surface area contributed by atoms with E-state index in [1.54, 1.807) is 114 Å². The summed E-state index contributed by atoms with van der Waals surface area (Å²) in [6, 6.07) is 1.89. The van der Waals surface area contributed by atoms with Gasteiger partial charge < -0.3 is 9.13 Å². The summed E-state index contributed by atoms with van der Waals surface area (Å²) in [5, 5.41) is 50.8. The van der Waals surface area contributed by atoms with E-state index in [4.69, 9.17) is 0 Å².